The van der Waals surface area contributed by atoms with E-state index < -0.39 is 29.6 Å². The van der Waals surface area contributed by atoms with Gasteiger partial charge in [-0.15, -0.1) is 0 Å². The lowest BCUT2D eigenvalue weighted by molar-refractivity contribution is -0.192. The average Bonchev–Trinajstić information content (AvgIpc) is 2.97. The molecule has 0 radical (unpaired) electrons. The van der Waals surface area contributed by atoms with Crippen LogP contribution in [0.15, 0.2) is 53.5 Å². The summed E-state index contributed by atoms with van der Waals surface area (Å²) in [5.41, 5.74) is 13.8. The van der Waals surface area contributed by atoms with E-state index in [0.29, 0.717) is 29.1 Å². The van der Waals surface area contributed by atoms with Crippen molar-refractivity contribution in [2.75, 3.05) is 17.7 Å². The van der Waals surface area contributed by atoms with Crippen LogP contribution in [0.3, 0.4) is 0 Å². The van der Waals surface area contributed by atoms with Crippen LogP contribution in [0, 0.1) is 5.41 Å². The Balaban J connectivity index is 0.000000942. The van der Waals surface area contributed by atoms with Gasteiger partial charge in [0.2, 0.25) is 5.91 Å². The number of amidine groups is 1. The number of rotatable bonds is 12. The Morgan fingerprint density at radius 3 is 2.28 bits per heavy atom. The summed E-state index contributed by atoms with van der Waals surface area (Å²) in [6.45, 7) is 5.96. The van der Waals surface area contributed by atoms with Crippen molar-refractivity contribution in [3.8, 4) is 11.3 Å². The van der Waals surface area contributed by atoms with E-state index in [9.17, 15) is 27.6 Å². The number of carbonyl (C=O) groups is 3. The van der Waals surface area contributed by atoms with Gasteiger partial charge in [-0.1, -0.05) is 37.6 Å². The van der Waals surface area contributed by atoms with Crippen LogP contribution in [0.2, 0.25) is 0 Å². The van der Waals surface area contributed by atoms with Crippen molar-refractivity contribution in [3.05, 3.63) is 75.7 Å². The van der Waals surface area contributed by atoms with Crippen molar-refractivity contribution in [2.24, 2.45) is 5.73 Å². The number of alkyl halides is 3. The third kappa shape index (κ3) is 11.3. The summed E-state index contributed by atoms with van der Waals surface area (Å²) in [6.07, 6.45) is -1.98. The summed E-state index contributed by atoms with van der Waals surface area (Å²) in [6, 6.07) is 11.5. The Morgan fingerprint density at radius 1 is 1.11 bits per heavy atom. The number of hydrogen-bond acceptors (Lipinski definition) is 9. The molecular formula is C30H36F3N7O6. The Labute approximate surface area is 262 Å². The maximum atomic E-state index is 13.4. The minimum atomic E-state index is -5.08. The fourth-order valence-electron chi connectivity index (χ4n) is 3.76. The van der Waals surface area contributed by atoms with E-state index in [0.717, 1.165) is 18.4 Å². The molecule has 0 saturated carbocycles. The van der Waals surface area contributed by atoms with Gasteiger partial charge >= 0.3 is 18.1 Å². The van der Waals surface area contributed by atoms with Gasteiger partial charge in [0, 0.05) is 29.4 Å². The highest BCUT2D eigenvalue weighted by molar-refractivity contribution is 5.95. The predicted molar refractivity (Wildman–Crippen MR) is 165 cm³/mol. The molecule has 0 unspecified atom stereocenters. The number of carbonyl (C=O) groups excluding carboxylic acids is 2. The third-order valence-electron chi connectivity index (χ3n) is 6.00. The predicted octanol–water partition coefficient (Wildman–Crippen LogP) is 3.50. The number of nitrogen functional groups attached to an aromatic ring is 2. The van der Waals surface area contributed by atoms with Crippen molar-refractivity contribution in [1.82, 2.24) is 14.9 Å². The maximum absolute atomic E-state index is 13.4. The minimum Gasteiger partial charge on any atom is -0.475 e. The van der Waals surface area contributed by atoms with Gasteiger partial charge in [0.1, 0.15) is 12.4 Å². The number of amides is 1. The molecule has 2 aromatic carbocycles. The molecule has 0 atom stereocenters. The molecule has 0 bridgehead atoms. The van der Waals surface area contributed by atoms with Gasteiger partial charge in [-0.05, 0) is 44.0 Å². The Kier molecular flexibility index (Phi) is 13.3. The first-order chi connectivity index (χ1) is 21.5. The normalized spacial score (nSPS) is 10.8. The lowest BCUT2D eigenvalue weighted by atomic mass is 10.1. The summed E-state index contributed by atoms with van der Waals surface area (Å²) in [5.74, 6) is -3.62. The molecule has 3 aromatic rings. The van der Waals surface area contributed by atoms with Crippen LogP contribution in [0.25, 0.3) is 11.3 Å². The fraction of sp³-hybridized carbons (Fsp3) is 0.333. The van der Waals surface area contributed by atoms with E-state index in [-0.39, 0.29) is 36.3 Å². The summed E-state index contributed by atoms with van der Waals surface area (Å²) in [5, 5.41) is 20.4. The van der Waals surface area contributed by atoms with Gasteiger partial charge < -0.3 is 31.9 Å². The van der Waals surface area contributed by atoms with E-state index in [1.807, 2.05) is 20.8 Å². The number of benzene rings is 2. The summed E-state index contributed by atoms with van der Waals surface area (Å²) < 4.78 is 38.4. The highest BCUT2D eigenvalue weighted by atomic mass is 19.4. The number of carboxylic acids is 1. The first kappa shape index (κ1) is 36.8. The molecular weight excluding hydrogens is 611 g/mol. The number of hydrogen-bond donors (Lipinski definition) is 6. The number of nitrogens with two attached hydrogens (primary N) is 2. The Hall–Kier alpha value is -5.41. The van der Waals surface area contributed by atoms with Crippen LogP contribution < -0.4 is 27.7 Å². The summed E-state index contributed by atoms with van der Waals surface area (Å²) in [7, 11) is 0. The van der Waals surface area contributed by atoms with Gasteiger partial charge in [0.05, 0.1) is 24.1 Å². The molecule has 3 rings (SSSR count). The Bertz CT molecular complexity index is 1610. The van der Waals surface area contributed by atoms with Crippen LogP contribution in [0.4, 0.5) is 24.7 Å². The molecule has 248 valence electrons. The highest BCUT2D eigenvalue weighted by Crippen LogP contribution is 2.24. The zero-order chi connectivity index (χ0) is 34.6. The monoisotopic (exact) mass is 647 g/mol. The number of carboxylic acid groups (broad SMARTS) is 1. The van der Waals surface area contributed by atoms with Gasteiger partial charge in [0.25, 0.3) is 5.56 Å². The van der Waals surface area contributed by atoms with Gasteiger partial charge in [-0.25, -0.2) is 14.6 Å². The first-order valence-electron chi connectivity index (χ1n) is 14.0. The largest absolute Gasteiger partial charge is 0.490 e. The maximum Gasteiger partial charge on any atom is 0.490 e. The van der Waals surface area contributed by atoms with E-state index in [4.69, 9.17) is 31.5 Å². The average molecular weight is 648 g/mol. The number of unbranched alkanes of at least 4 members (excludes halogenated alkanes) is 1. The molecule has 16 heteroatoms. The number of nitrogens with zero attached hydrogens (tertiary/aromatic N) is 2. The number of anilines is 2. The SMILES string of the molecule is CCCCOC(=O)c1cc(N)cc(-c2cnc(NC(C)C)c(=O)n2CC(=O)NCc2ccc(C(=N)N)cc2)c1.O=C(O)C(F)(F)F. The van der Waals surface area contributed by atoms with E-state index in [2.05, 4.69) is 15.6 Å². The van der Waals surface area contributed by atoms with Crippen LogP contribution >= 0.6 is 0 Å². The van der Waals surface area contributed by atoms with Crippen molar-refractivity contribution in [3.63, 3.8) is 0 Å². The van der Waals surface area contributed by atoms with Crippen LogP contribution in [-0.2, 0) is 27.4 Å². The smallest absolute Gasteiger partial charge is 0.475 e. The molecule has 0 fully saturated rings. The van der Waals surface area contributed by atoms with Gasteiger partial charge in [0.15, 0.2) is 5.82 Å². The molecule has 8 N–H and O–H groups in total. The molecule has 0 saturated heterocycles. The second-order valence-corrected chi connectivity index (χ2v) is 10.2. The number of aromatic nitrogens is 2. The first-order valence-corrected chi connectivity index (χ1v) is 14.0. The van der Waals surface area contributed by atoms with E-state index >= 15 is 0 Å². The molecule has 1 heterocycles. The topological polar surface area (TPSA) is 216 Å². The molecule has 1 amide bonds. The summed E-state index contributed by atoms with van der Waals surface area (Å²) in [4.78, 5) is 52.1. The molecule has 0 aliphatic rings. The second-order valence-electron chi connectivity index (χ2n) is 10.2. The van der Waals surface area contributed by atoms with Crippen molar-refractivity contribution >= 4 is 35.2 Å². The Morgan fingerprint density at radius 2 is 1.74 bits per heavy atom. The summed E-state index contributed by atoms with van der Waals surface area (Å²) >= 11 is 0. The molecule has 46 heavy (non-hydrogen) atoms. The third-order valence-corrected chi connectivity index (χ3v) is 6.00. The molecule has 0 spiro atoms. The molecule has 0 aliphatic heterocycles. The second kappa shape index (κ2) is 16.6. The number of ether oxygens (including phenoxy) is 1. The van der Waals surface area contributed by atoms with Gasteiger partial charge in [-0.3, -0.25) is 19.6 Å². The lowest BCUT2D eigenvalue weighted by Crippen LogP contribution is -2.35. The molecule has 1 aromatic heterocycles. The number of nitrogens with one attached hydrogen (secondary N) is 3. The standard InChI is InChI=1S/C28H35N7O4.C2HF3O2/c1-4-5-10-39-28(38)21-11-20(12-22(29)13-21)23-15-33-26(34-17(2)3)27(37)35(23)16-24(36)32-14-18-6-8-19(9-7-18)25(30)31;3-2(4,5)1(6)7/h6-9,11-13,15,17H,4-5,10,14,16,29H2,1-3H3,(H3,30,31)(H,32,36)(H,33,34);(H,6,7). The van der Waals surface area contributed by atoms with Crippen LogP contribution in [0.5, 0.6) is 0 Å². The van der Waals surface area contributed by atoms with E-state index in [1.54, 1.807) is 36.4 Å². The van der Waals surface area contributed by atoms with E-state index in [1.165, 1.54) is 16.8 Å². The quantitative estimate of drug-likeness (QED) is 0.0553. The number of esters is 1. The zero-order valence-corrected chi connectivity index (χ0v) is 25.4. The zero-order valence-electron chi connectivity index (χ0n) is 25.4. The number of halogens is 3. The van der Waals surface area contributed by atoms with Crippen molar-refractivity contribution in [1.29, 1.82) is 5.41 Å². The van der Waals surface area contributed by atoms with Crippen LogP contribution in [0.1, 0.15) is 55.1 Å². The minimum absolute atomic E-state index is 0.0417. The lowest BCUT2D eigenvalue weighted by Gasteiger charge is -2.17. The highest BCUT2D eigenvalue weighted by Gasteiger charge is 2.38. The molecule has 0 aliphatic carbocycles. The van der Waals surface area contributed by atoms with Gasteiger partial charge in [-0.2, -0.15) is 13.2 Å². The van der Waals surface area contributed by atoms with Crippen LogP contribution in [-0.4, -0.2) is 57.2 Å². The molecule has 13 nitrogen and oxygen atoms in total. The van der Waals surface area contributed by atoms with Crippen molar-refractivity contribution < 1.29 is 37.4 Å². The van der Waals surface area contributed by atoms with Crippen molar-refractivity contribution in [2.45, 2.75) is 58.9 Å². The number of aliphatic carboxylic acids is 1. The fourth-order valence-corrected chi connectivity index (χ4v) is 3.76.